The van der Waals surface area contributed by atoms with E-state index in [1.54, 1.807) is 6.07 Å². The molecule has 5 heteroatoms. The number of nitrogens with one attached hydrogen (secondary N) is 1. The Morgan fingerprint density at radius 2 is 2.26 bits per heavy atom. The Morgan fingerprint density at radius 3 is 2.89 bits per heavy atom. The van der Waals surface area contributed by atoms with E-state index in [0.717, 1.165) is 18.8 Å². The summed E-state index contributed by atoms with van der Waals surface area (Å²) < 4.78 is 0. The zero-order valence-electron chi connectivity index (χ0n) is 11.5. The fourth-order valence-electron chi connectivity index (χ4n) is 2.68. The highest BCUT2D eigenvalue weighted by atomic mass is 35.5. The molecular weight excluding hydrogens is 260 g/mol. The third-order valence-electron chi connectivity index (χ3n) is 3.78. The van der Waals surface area contributed by atoms with E-state index < -0.39 is 0 Å². The highest BCUT2D eigenvalue weighted by Crippen LogP contribution is 2.27. The molecule has 1 aromatic rings. The van der Waals surface area contributed by atoms with Gasteiger partial charge in [-0.3, -0.25) is 5.41 Å². The van der Waals surface area contributed by atoms with Crippen LogP contribution >= 0.6 is 11.6 Å². The molecule has 0 saturated carbocycles. The Bertz CT molecular complexity index is 475. The molecule has 0 spiro atoms. The molecule has 1 fully saturated rings. The molecule has 0 radical (unpaired) electrons. The highest BCUT2D eigenvalue weighted by Gasteiger charge is 2.23. The number of rotatable bonds is 3. The van der Waals surface area contributed by atoms with Crippen molar-refractivity contribution in [3.05, 3.63) is 28.8 Å². The van der Waals surface area contributed by atoms with E-state index in [1.807, 2.05) is 12.1 Å². The lowest BCUT2D eigenvalue weighted by molar-refractivity contribution is 0.248. The molecule has 1 atom stereocenters. The van der Waals surface area contributed by atoms with Gasteiger partial charge in [-0.1, -0.05) is 11.6 Å². The minimum absolute atomic E-state index is 0.0634. The van der Waals surface area contributed by atoms with Gasteiger partial charge in [-0.15, -0.1) is 0 Å². The lowest BCUT2D eigenvalue weighted by atomic mass is 10.0. The van der Waals surface area contributed by atoms with Gasteiger partial charge in [0.1, 0.15) is 5.84 Å². The number of benzene rings is 1. The van der Waals surface area contributed by atoms with Crippen molar-refractivity contribution in [2.24, 2.45) is 5.73 Å². The van der Waals surface area contributed by atoms with E-state index in [2.05, 4.69) is 23.9 Å². The quantitative estimate of drug-likeness (QED) is 0.659. The Balaban J connectivity index is 2.27. The van der Waals surface area contributed by atoms with Crippen molar-refractivity contribution in [2.75, 3.05) is 32.1 Å². The molecular formula is C14H21ClN4. The summed E-state index contributed by atoms with van der Waals surface area (Å²) in [5.41, 5.74) is 7.36. The summed E-state index contributed by atoms with van der Waals surface area (Å²) in [6.45, 7) is 2.20. The zero-order chi connectivity index (χ0) is 14.0. The first-order chi connectivity index (χ1) is 8.99. The van der Waals surface area contributed by atoms with E-state index in [-0.39, 0.29) is 5.84 Å². The minimum atomic E-state index is 0.0634. The van der Waals surface area contributed by atoms with Gasteiger partial charge in [0.2, 0.25) is 0 Å². The van der Waals surface area contributed by atoms with Crippen LogP contribution in [-0.2, 0) is 0 Å². The SMILES string of the molecule is CN1CCCC(N(C)c2ccc(Cl)cc2C(=N)N)C1. The fourth-order valence-corrected chi connectivity index (χ4v) is 2.86. The highest BCUT2D eigenvalue weighted by molar-refractivity contribution is 6.31. The number of halogens is 1. The van der Waals surface area contributed by atoms with Crippen LogP contribution in [0.1, 0.15) is 18.4 Å². The third-order valence-corrected chi connectivity index (χ3v) is 4.01. The molecule has 4 nitrogen and oxygen atoms in total. The second-order valence-electron chi connectivity index (χ2n) is 5.24. The minimum Gasteiger partial charge on any atom is -0.384 e. The first-order valence-electron chi connectivity index (χ1n) is 6.54. The number of anilines is 1. The molecule has 1 heterocycles. The van der Waals surface area contributed by atoms with Gasteiger partial charge in [-0.05, 0) is 44.6 Å². The number of amidine groups is 1. The number of nitrogen functional groups attached to an aromatic ring is 1. The van der Waals surface area contributed by atoms with Crippen LogP contribution in [0.2, 0.25) is 5.02 Å². The summed E-state index contributed by atoms with van der Waals surface area (Å²) in [7, 11) is 4.22. The molecule has 19 heavy (non-hydrogen) atoms. The van der Waals surface area contributed by atoms with Gasteiger partial charge in [0.15, 0.2) is 0 Å². The van der Waals surface area contributed by atoms with Crippen molar-refractivity contribution in [1.29, 1.82) is 5.41 Å². The fraction of sp³-hybridized carbons (Fsp3) is 0.500. The molecule has 1 aliphatic heterocycles. The molecule has 0 bridgehead atoms. The summed E-state index contributed by atoms with van der Waals surface area (Å²) in [5.74, 6) is 0.0634. The number of nitrogens with two attached hydrogens (primary N) is 1. The molecule has 1 aliphatic rings. The molecule has 3 N–H and O–H groups in total. The molecule has 0 aromatic heterocycles. The third kappa shape index (κ3) is 3.19. The number of hydrogen-bond donors (Lipinski definition) is 2. The van der Waals surface area contributed by atoms with Crippen molar-refractivity contribution in [3.63, 3.8) is 0 Å². The van der Waals surface area contributed by atoms with E-state index in [4.69, 9.17) is 22.7 Å². The van der Waals surface area contributed by atoms with E-state index >= 15 is 0 Å². The maximum absolute atomic E-state index is 7.70. The Labute approximate surface area is 119 Å². The van der Waals surface area contributed by atoms with Gasteiger partial charge in [0.05, 0.1) is 0 Å². The summed E-state index contributed by atoms with van der Waals surface area (Å²) in [4.78, 5) is 4.57. The summed E-state index contributed by atoms with van der Waals surface area (Å²) >= 11 is 6.00. The second-order valence-corrected chi connectivity index (χ2v) is 5.68. The lowest BCUT2D eigenvalue weighted by Crippen LogP contribution is -2.45. The number of nitrogens with zero attached hydrogens (tertiary/aromatic N) is 2. The van der Waals surface area contributed by atoms with Crippen molar-refractivity contribution >= 4 is 23.1 Å². The van der Waals surface area contributed by atoms with E-state index in [9.17, 15) is 0 Å². The van der Waals surface area contributed by atoms with Gasteiger partial charge in [0.25, 0.3) is 0 Å². The number of hydrogen-bond acceptors (Lipinski definition) is 3. The first-order valence-corrected chi connectivity index (χ1v) is 6.92. The smallest absolute Gasteiger partial charge is 0.124 e. The van der Waals surface area contributed by atoms with Gasteiger partial charge >= 0.3 is 0 Å². The average Bonchev–Trinajstić information content (AvgIpc) is 2.37. The molecule has 2 rings (SSSR count). The average molecular weight is 281 g/mol. The van der Waals surface area contributed by atoms with Crippen LogP contribution in [0.15, 0.2) is 18.2 Å². The van der Waals surface area contributed by atoms with Crippen molar-refractivity contribution < 1.29 is 0 Å². The number of likely N-dealkylation sites (N-methyl/N-ethyl adjacent to an activating group) is 2. The maximum Gasteiger partial charge on any atom is 0.124 e. The van der Waals surface area contributed by atoms with Crippen LogP contribution in [0.25, 0.3) is 0 Å². The molecule has 1 aromatic carbocycles. The standard InChI is InChI=1S/C14H21ClN4/c1-18-7-3-4-11(9-18)19(2)13-6-5-10(15)8-12(13)14(16)17/h5-6,8,11H,3-4,7,9H2,1-2H3,(H3,16,17). The van der Waals surface area contributed by atoms with E-state index in [0.29, 0.717) is 16.6 Å². The van der Waals surface area contributed by atoms with Gasteiger partial charge in [0, 0.05) is 35.9 Å². The predicted molar refractivity (Wildman–Crippen MR) is 81.4 cm³/mol. The van der Waals surface area contributed by atoms with Crippen LogP contribution in [0.3, 0.4) is 0 Å². The van der Waals surface area contributed by atoms with Crippen LogP contribution in [0, 0.1) is 5.41 Å². The first kappa shape index (κ1) is 14.2. The Hall–Kier alpha value is -1.26. The molecule has 0 amide bonds. The van der Waals surface area contributed by atoms with Crippen LogP contribution in [0.4, 0.5) is 5.69 Å². The largest absolute Gasteiger partial charge is 0.384 e. The predicted octanol–water partition coefficient (Wildman–Crippen LogP) is 2.15. The van der Waals surface area contributed by atoms with Crippen LogP contribution in [0.5, 0.6) is 0 Å². The maximum atomic E-state index is 7.70. The van der Waals surface area contributed by atoms with Gasteiger partial charge in [-0.2, -0.15) is 0 Å². The molecule has 0 aliphatic carbocycles. The molecule has 1 saturated heterocycles. The summed E-state index contributed by atoms with van der Waals surface area (Å²) in [5, 5.41) is 8.32. The van der Waals surface area contributed by atoms with Crippen molar-refractivity contribution in [3.8, 4) is 0 Å². The topological polar surface area (TPSA) is 56.4 Å². The Kier molecular flexibility index (Phi) is 4.32. The lowest BCUT2D eigenvalue weighted by Gasteiger charge is -2.37. The van der Waals surface area contributed by atoms with E-state index in [1.165, 1.54) is 12.8 Å². The van der Waals surface area contributed by atoms with Gasteiger partial charge in [-0.25, -0.2) is 0 Å². The van der Waals surface area contributed by atoms with Crippen LogP contribution < -0.4 is 10.6 Å². The van der Waals surface area contributed by atoms with Crippen molar-refractivity contribution in [2.45, 2.75) is 18.9 Å². The zero-order valence-corrected chi connectivity index (χ0v) is 12.2. The summed E-state index contributed by atoms with van der Waals surface area (Å²) in [6.07, 6.45) is 2.37. The van der Waals surface area contributed by atoms with Crippen LogP contribution in [-0.4, -0.2) is 44.0 Å². The molecule has 1 unspecified atom stereocenters. The summed E-state index contributed by atoms with van der Waals surface area (Å²) in [6, 6.07) is 6.03. The Morgan fingerprint density at radius 1 is 1.53 bits per heavy atom. The normalized spacial score (nSPS) is 20.3. The van der Waals surface area contributed by atoms with Gasteiger partial charge < -0.3 is 15.5 Å². The van der Waals surface area contributed by atoms with Crippen molar-refractivity contribution in [1.82, 2.24) is 4.90 Å². The number of piperidine rings is 1. The second kappa shape index (κ2) is 5.80. The molecule has 104 valence electrons. The number of likely N-dealkylation sites (tertiary alicyclic amines) is 1. The monoisotopic (exact) mass is 280 g/mol.